The minimum atomic E-state index is -0.916. The maximum Gasteiger partial charge on any atom is 0.244 e. The van der Waals surface area contributed by atoms with E-state index in [0.717, 1.165) is 17.2 Å². The molecule has 4 rings (SSSR count). The lowest BCUT2D eigenvalue weighted by Crippen LogP contribution is -2.40. The minimum Gasteiger partial charge on any atom is -0.507 e. The minimum absolute atomic E-state index is 0.0675. The van der Waals surface area contributed by atoms with Crippen LogP contribution in [-0.4, -0.2) is 39.2 Å². The maximum atomic E-state index is 15.0. The first kappa shape index (κ1) is 23.0. The number of fused-ring (bicyclic) bond motifs is 3. The molecular formula is C24H20F2N4O4. The Morgan fingerprint density at radius 1 is 1.21 bits per heavy atom. The molecule has 1 aromatic carbocycles. The molecule has 1 atom stereocenters. The number of aromatic hydroxyl groups is 1. The molecular weight excluding hydrogens is 446 g/mol. The lowest BCUT2D eigenvalue weighted by molar-refractivity contribution is -0.122. The number of phenolic OH excluding ortho intramolecular Hbond substituents is 1. The van der Waals surface area contributed by atoms with Gasteiger partial charge in [-0.3, -0.25) is 19.4 Å². The van der Waals surface area contributed by atoms with Crippen molar-refractivity contribution in [2.24, 2.45) is 0 Å². The summed E-state index contributed by atoms with van der Waals surface area (Å²) in [6.45, 7) is 3.88. The second-order valence-electron chi connectivity index (χ2n) is 8.02. The molecule has 34 heavy (non-hydrogen) atoms. The Morgan fingerprint density at radius 3 is 2.62 bits per heavy atom. The van der Waals surface area contributed by atoms with E-state index in [1.165, 1.54) is 38.1 Å². The van der Waals surface area contributed by atoms with Gasteiger partial charge in [0.15, 0.2) is 5.78 Å². The van der Waals surface area contributed by atoms with E-state index >= 15 is 4.39 Å². The topological polar surface area (TPSA) is 112 Å². The molecule has 0 saturated heterocycles. The molecule has 8 nitrogen and oxygen atoms in total. The number of carbonyl (C=O) groups is 3. The van der Waals surface area contributed by atoms with Gasteiger partial charge >= 0.3 is 0 Å². The molecule has 1 aliphatic rings. The van der Waals surface area contributed by atoms with E-state index in [1.807, 2.05) is 0 Å². The Labute approximate surface area is 193 Å². The second kappa shape index (κ2) is 8.62. The quantitative estimate of drug-likeness (QED) is 0.448. The molecule has 0 unspecified atom stereocenters. The van der Waals surface area contributed by atoms with Gasteiger partial charge in [-0.1, -0.05) is 0 Å². The van der Waals surface area contributed by atoms with Crippen LogP contribution in [0, 0.1) is 18.7 Å². The molecule has 0 spiro atoms. The number of phenols is 1. The van der Waals surface area contributed by atoms with E-state index in [0.29, 0.717) is 0 Å². The lowest BCUT2D eigenvalue weighted by atomic mass is 9.98. The normalized spacial score (nSPS) is 14.8. The summed E-state index contributed by atoms with van der Waals surface area (Å²) < 4.78 is 29.0. The van der Waals surface area contributed by atoms with Crippen molar-refractivity contribution < 1.29 is 28.3 Å². The van der Waals surface area contributed by atoms with Gasteiger partial charge in [0, 0.05) is 23.0 Å². The van der Waals surface area contributed by atoms with E-state index in [2.05, 4.69) is 15.3 Å². The fourth-order valence-corrected chi connectivity index (χ4v) is 3.96. The number of amides is 2. The van der Waals surface area contributed by atoms with Crippen LogP contribution >= 0.6 is 0 Å². The molecule has 0 fully saturated rings. The van der Waals surface area contributed by atoms with Crippen LogP contribution in [0.25, 0.3) is 11.1 Å². The summed E-state index contributed by atoms with van der Waals surface area (Å²) in [6.07, 6.45) is 0.946. The number of halogens is 2. The SMILES string of the molecule is CC(=O)c1ccc(NC(=O)CN2C(=O)[C@@H](C)c3ncc(F)cc3-c3c2cc(C)nc3F)cc1O. The van der Waals surface area contributed by atoms with Crippen LogP contribution in [-0.2, 0) is 9.59 Å². The van der Waals surface area contributed by atoms with Gasteiger partial charge in [0.1, 0.15) is 18.1 Å². The maximum absolute atomic E-state index is 15.0. The van der Waals surface area contributed by atoms with Gasteiger partial charge in [-0.2, -0.15) is 4.39 Å². The number of aryl methyl sites for hydroxylation is 1. The first-order valence-electron chi connectivity index (χ1n) is 10.3. The molecule has 1 aliphatic heterocycles. The van der Waals surface area contributed by atoms with Crippen molar-refractivity contribution in [2.75, 3.05) is 16.8 Å². The average molecular weight is 466 g/mol. The predicted molar refractivity (Wildman–Crippen MR) is 120 cm³/mol. The summed E-state index contributed by atoms with van der Waals surface area (Å²) in [5.74, 6) is -4.33. The van der Waals surface area contributed by atoms with Crippen molar-refractivity contribution in [1.82, 2.24) is 9.97 Å². The van der Waals surface area contributed by atoms with Crippen LogP contribution in [0.3, 0.4) is 0 Å². The first-order valence-corrected chi connectivity index (χ1v) is 10.3. The van der Waals surface area contributed by atoms with Crippen LogP contribution in [0.1, 0.15) is 41.5 Å². The number of nitrogens with one attached hydrogen (secondary N) is 1. The van der Waals surface area contributed by atoms with Crippen LogP contribution in [0.5, 0.6) is 5.75 Å². The molecule has 3 aromatic rings. The van der Waals surface area contributed by atoms with Crippen molar-refractivity contribution >= 4 is 29.0 Å². The lowest BCUT2D eigenvalue weighted by Gasteiger charge is -2.24. The Kier molecular flexibility index (Phi) is 5.82. The summed E-state index contributed by atoms with van der Waals surface area (Å²) in [6, 6.07) is 6.55. The van der Waals surface area contributed by atoms with E-state index < -0.39 is 36.0 Å². The monoisotopic (exact) mass is 466 g/mol. The van der Waals surface area contributed by atoms with Crippen molar-refractivity contribution in [3.63, 3.8) is 0 Å². The molecule has 0 saturated carbocycles. The number of carbonyl (C=O) groups excluding carboxylic acids is 3. The van der Waals surface area contributed by atoms with Gasteiger partial charge in [0.25, 0.3) is 0 Å². The van der Waals surface area contributed by atoms with Gasteiger partial charge < -0.3 is 15.3 Å². The van der Waals surface area contributed by atoms with Crippen LogP contribution < -0.4 is 10.2 Å². The number of Topliss-reactive ketones (excluding diaryl/α,β-unsaturated/α-hetero) is 1. The fraction of sp³-hybridized carbons (Fsp3) is 0.208. The number of aromatic nitrogens is 2. The molecule has 2 N–H and O–H groups in total. The summed E-state index contributed by atoms with van der Waals surface area (Å²) >= 11 is 0. The molecule has 10 heteroatoms. The van der Waals surface area contributed by atoms with Gasteiger partial charge in [0.05, 0.1) is 34.6 Å². The number of rotatable bonds is 4. The Bertz CT molecular complexity index is 1360. The third-order valence-corrected chi connectivity index (χ3v) is 5.54. The van der Waals surface area contributed by atoms with Gasteiger partial charge in [0.2, 0.25) is 17.8 Å². The molecule has 0 aliphatic carbocycles. The van der Waals surface area contributed by atoms with Gasteiger partial charge in [-0.25, -0.2) is 9.37 Å². The molecule has 0 radical (unpaired) electrons. The summed E-state index contributed by atoms with van der Waals surface area (Å²) in [5, 5.41) is 12.6. The standard InChI is InChI=1S/C24H20F2N4O4/c1-11-6-18-21(23(26)28-11)17-7-14(25)9-27-22(17)12(2)24(34)30(18)10-20(33)29-15-4-5-16(13(3)31)19(32)8-15/h4-9,12,32H,10H2,1-3H3,(H,29,33)/t12-/m0/s1. The molecule has 0 bridgehead atoms. The van der Waals surface area contributed by atoms with Crippen LogP contribution in [0.15, 0.2) is 36.5 Å². The Morgan fingerprint density at radius 2 is 1.94 bits per heavy atom. The van der Waals surface area contributed by atoms with E-state index in [-0.39, 0.29) is 51.0 Å². The zero-order chi connectivity index (χ0) is 24.7. The molecule has 174 valence electrons. The number of hydrogen-bond donors (Lipinski definition) is 2. The summed E-state index contributed by atoms with van der Waals surface area (Å²) in [4.78, 5) is 46.6. The zero-order valence-electron chi connectivity index (χ0n) is 18.5. The highest BCUT2D eigenvalue weighted by Gasteiger charge is 2.36. The number of pyridine rings is 2. The average Bonchev–Trinajstić information content (AvgIpc) is 2.83. The number of anilines is 2. The third kappa shape index (κ3) is 4.09. The largest absolute Gasteiger partial charge is 0.507 e. The highest BCUT2D eigenvalue weighted by molar-refractivity contribution is 6.09. The highest BCUT2D eigenvalue weighted by Crippen LogP contribution is 2.41. The van der Waals surface area contributed by atoms with Crippen molar-refractivity contribution in [3.8, 4) is 16.9 Å². The zero-order valence-corrected chi connectivity index (χ0v) is 18.5. The third-order valence-electron chi connectivity index (χ3n) is 5.54. The summed E-state index contributed by atoms with van der Waals surface area (Å²) in [5.41, 5.74) is 0.768. The van der Waals surface area contributed by atoms with Crippen molar-refractivity contribution in [2.45, 2.75) is 26.7 Å². The Hall–Kier alpha value is -4.21. The molecule has 2 aromatic heterocycles. The molecule has 2 amide bonds. The van der Waals surface area contributed by atoms with E-state index in [4.69, 9.17) is 0 Å². The second-order valence-corrected chi connectivity index (χ2v) is 8.02. The van der Waals surface area contributed by atoms with Gasteiger partial charge in [-0.05, 0) is 45.0 Å². The molecule has 3 heterocycles. The summed E-state index contributed by atoms with van der Waals surface area (Å²) in [7, 11) is 0. The Balaban J connectivity index is 1.73. The van der Waals surface area contributed by atoms with Crippen LogP contribution in [0.4, 0.5) is 20.2 Å². The fourth-order valence-electron chi connectivity index (χ4n) is 3.96. The van der Waals surface area contributed by atoms with Crippen molar-refractivity contribution in [1.29, 1.82) is 0 Å². The number of hydrogen-bond acceptors (Lipinski definition) is 6. The predicted octanol–water partition coefficient (Wildman–Crippen LogP) is 3.73. The van der Waals surface area contributed by atoms with Gasteiger partial charge in [-0.15, -0.1) is 0 Å². The van der Waals surface area contributed by atoms with E-state index in [9.17, 15) is 23.9 Å². The number of nitrogens with zero attached hydrogens (tertiary/aromatic N) is 3. The van der Waals surface area contributed by atoms with Crippen molar-refractivity contribution in [3.05, 3.63) is 65.2 Å². The first-order chi connectivity index (χ1) is 16.1. The smallest absolute Gasteiger partial charge is 0.244 e. The van der Waals surface area contributed by atoms with Crippen LogP contribution in [0.2, 0.25) is 0 Å². The highest BCUT2D eigenvalue weighted by atomic mass is 19.1. The van der Waals surface area contributed by atoms with E-state index in [1.54, 1.807) is 6.92 Å². The number of ketones is 1. The number of benzene rings is 1.